The number of benzene rings is 2. The van der Waals surface area contributed by atoms with Crippen LogP contribution in [-0.2, 0) is 4.74 Å². The average Bonchev–Trinajstić information content (AvgIpc) is 3.33. The number of hydrogen-bond acceptors (Lipinski definition) is 5. The van der Waals surface area contributed by atoms with Crippen LogP contribution in [-0.4, -0.2) is 52.1 Å². The lowest BCUT2D eigenvalue weighted by atomic mass is 9.89. The lowest BCUT2D eigenvalue weighted by Gasteiger charge is -2.32. The van der Waals surface area contributed by atoms with Crippen molar-refractivity contribution in [2.24, 2.45) is 0 Å². The Bertz CT molecular complexity index is 1350. The van der Waals surface area contributed by atoms with E-state index in [1.807, 2.05) is 47.5 Å². The largest absolute Gasteiger partial charge is 0.398 e. The van der Waals surface area contributed by atoms with Gasteiger partial charge in [-0.1, -0.05) is 24.3 Å². The highest BCUT2D eigenvalue weighted by Crippen LogP contribution is 2.34. The van der Waals surface area contributed by atoms with Crippen molar-refractivity contribution in [1.29, 1.82) is 0 Å². The Morgan fingerprint density at radius 3 is 2.50 bits per heavy atom. The fourth-order valence-electron chi connectivity index (χ4n) is 5.45. The number of H-pyrrole nitrogens is 1. The first-order chi connectivity index (χ1) is 16.7. The van der Waals surface area contributed by atoms with E-state index in [4.69, 9.17) is 15.5 Å². The van der Waals surface area contributed by atoms with Gasteiger partial charge in [0.05, 0.1) is 5.56 Å². The van der Waals surface area contributed by atoms with E-state index < -0.39 is 0 Å². The predicted molar refractivity (Wildman–Crippen MR) is 133 cm³/mol. The van der Waals surface area contributed by atoms with Crippen LogP contribution in [0.15, 0.2) is 48.7 Å². The number of rotatable bonds is 3. The number of nitrogens with two attached hydrogens (primary N) is 1. The zero-order chi connectivity index (χ0) is 23.1. The monoisotopic (exact) mass is 455 g/mol. The van der Waals surface area contributed by atoms with Gasteiger partial charge in [-0.25, -0.2) is 9.97 Å². The quantitative estimate of drug-likeness (QED) is 0.440. The molecular formula is C27H29N5O2. The van der Waals surface area contributed by atoms with Crippen molar-refractivity contribution < 1.29 is 9.53 Å². The number of hydrogen-bond donors (Lipinski definition) is 2. The third-order valence-electron chi connectivity index (χ3n) is 7.41. The van der Waals surface area contributed by atoms with Gasteiger partial charge < -0.3 is 20.4 Å². The Labute approximate surface area is 198 Å². The minimum Gasteiger partial charge on any atom is -0.398 e. The lowest BCUT2D eigenvalue weighted by Crippen LogP contribution is -2.38. The summed E-state index contributed by atoms with van der Waals surface area (Å²) in [5, 5.41) is 2.09. The second-order valence-electron chi connectivity index (χ2n) is 9.46. The van der Waals surface area contributed by atoms with Crippen molar-refractivity contribution in [3.63, 3.8) is 0 Å². The van der Waals surface area contributed by atoms with E-state index in [1.165, 1.54) is 5.56 Å². The van der Waals surface area contributed by atoms with E-state index in [2.05, 4.69) is 16.0 Å². The molecule has 6 rings (SSSR count). The second kappa shape index (κ2) is 8.72. The molecule has 0 aliphatic carbocycles. The van der Waals surface area contributed by atoms with Gasteiger partial charge in [-0.2, -0.15) is 0 Å². The minimum atomic E-state index is 0.0168. The Morgan fingerprint density at radius 2 is 1.74 bits per heavy atom. The molecular weight excluding hydrogens is 426 g/mol. The number of imidazole rings is 1. The highest BCUT2D eigenvalue weighted by atomic mass is 16.5. The summed E-state index contributed by atoms with van der Waals surface area (Å²) in [4.78, 5) is 28.2. The smallest absolute Gasteiger partial charge is 0.255 e. The number of ether oxygens (including phenoxy) is 1. The maximum Gasteiger partial charge on any atom is 0.255 e. The normalized spacial score (nSPS) is 18.1. The number of pyridine rings is 1. The van der Waals surface area contributed by atoms with Gasteiger partial charge in [-0.3, -0.25) is 4.79 Å². The molecule has 0 spiro atoms. The van der Waals surface area contributed by atoms with Crippen LogP contribution in [0.25, 0.3) is 21.9 Å². The fraction of sp³-hybridized carbons (Fsp3) is 0.370. The Kier molecular flexibility index (Phi) is 5.41. The Balaban J connectivity index is 1.20. The van der Waals surface area contributed by atoms with Crippen LogP contribution in [0.2, 0.25) is 0 Å². The van der Waals surface area contributed by atoms with Crippen LogP contribution in [0, 0.1) is 0 Å². The number of aromatic amines is 1. The summed E-state index contributed by atoms with van der Waals surface area (Å²) in [7, 11) is 0. The molecule has 2 saturated heterocycles. The predicted octanol–water partition coefficient (Wildman–Crippen LogP) is 4.61. The van der Waals surface area contributed by atoms with Crippen LogP contribution in [0.3, 0.4) is 0 Å². The first kappa shape index (κ1) is 21.1. The molecule has 0 radical (unpaired) electrons. The van der Waals surface area contributed by atoms with Crippen molar-refractivity contribution in [2.45, 2.75) is 37.5 Å². The van der Waals surface area contributed by atoms with E-state index in [-0.39, 0.29) is 5.91 Å². The molecule has 4 aromatic rings. The van der Waals surface area contributed by atoms with Gasteiger partial charge in [-0.05, 0) is 66.1 Å². The number of piperidine rings is 1. The molecule has 3 N–H and O–H groups in total. The van der Waals surface area contributed by atoms with E-state index in [1.54, 1.807) is 0 Å². The number of fused-ring (bicyclic) bond motifs is 2. The molecule has 1 amide bonds. The molecule has 2 aromatic heterocycles. The molecule has 2 aliphatic heterocycles. The van der Waals surface area contributed by atoms with Crippen LogP contribution < -0.4 is 5.73 Å². The molecule has 174 valence electrons. The van der Waals surface area contributed by atoms with Gasteiger partial charge in [0.1, 0.15) is 11.3 Å². The number of aromatic nitrogens is 3. The molecule has 7 nitrogen and oxygen atoms in total. The summed E-state index contributed by atoms with van der Waals surface area (Å²) in [5.41, 5.74) is 10.5. The topological polar surface area (TPSA) is 97.1 Å². The molecule has 0 saturated carbocycles. The van der Waals surface area contributed by atoms with Crippen molar-refractivity contribution in [1.82, 2.24) is 19.9 Å². The molecule has 7 heteroatoms. The zero-order valence-electron chi connectivity index (χ0n) is 19.2. The van der Waals surface area contributed by atoms with Gasteiger partial charge in [0.15, 0.2) is 5.65 Å². The molecule has 0 unspecified atom stereocenters. The van der Waals surface area contributed by atoms with Gasteiger partial charge in [0.2, 0.25) is 0 Å². The number of nitrogen functional groups attached to an aromatic ring is 1. The van der Waals surface area contributed by atoms with Crippen LogP contribution in [0.1, 0.15) is 59.3 Å². The van der Waals surface area contributed by atoms with Gasteiger partial charge in [0.25, 0.3) is 5.91 Å². The summed E-state index contributed by atoms with van der Waals surface area (Å²) in [6.07, 6.45) is 5.66. The first-order valence-corrected chi connectivity index (χ1v) is 12.2. The third-order valence-corrected chi connectivity index (χ3v) is 7.41. The van der Waals surface area contributed by atoms with E-state index in [0.29, 0.717) is 36.2 Å². The van der Waals surface area contributed by atoms with Crippen LogP contribution >= 0.6 is 0 Å². The standard InChI is InChI=1S/C27H29N5O2/c28-23-16-20-4-2-1-3-19(20)15-22(23)27(33)32-11-6-17(7-12-32)21-5-10-29-26-24(21)30-25(31-26)18-8-13-34-14-9-18/h1-5,10,15-18H,6-9,11-14,28H2,(H,29,30,31). The fourth-order valence-corrected chi connectivity index (χ4v) is 5.45. The van der Waals surface area contributed by atoms with Crippen LogP contribution in [0.5, 0.6) is 0 Å². The third kappa shape index (κ3) is 3.80. The summed E-state index contributed by atoms with van der Waals surface area (Å²) >= 11 is 0. The van der Waals surface area contributed by atoms with E-state index in [9.17, 15) is 4.79 Å². The minimum absolute atomic E-state index is 0.0168. The Hall–Kier alpha value is -3.45. The molecule has 34 heavy (non-hydrogen) atoms. The molecule has 4 heterocycles. The second-order valence-corrected chi connectivity index (χ2v) is 9.46. The maximum atomic E-state index is 13.3. The molecule has 0 bridgehead atoms. The number of carbonyl (C=O) groups excluding carboxylic acids is 1. The van der Waals surface area contributed by atoms with Gasteiger partial charge in [0, 0.05) is 44.1 Å². The SMILES string of the molecule is Nc1cc2ccccc2cc1C(=O)N1CCC(c2ccnc3[nH]c(C4CCOCC4)nc23)CC1. The summed E-state index contributed by atoms with van der Waals surface area (Å²) in [6, 6.07) is 13.9. The van der Waals surface area contributed by atoms with Crippen molar-refractivity contribution in [3.05, 3.63) is 65.6 Å². The number of nitrogens with one attached hydrogen (secondary N) is 1. The highest BCUT2D eigenvalue weighted by molar-refractivity contribution is 6.04. The highest BCUT2D eigenvalue weighted by Gasteiger charge is 2.28. The van der Waals surface area contributed by atoms with Crippen molar-refractivity contribution in [2.75, 3.05) is 32.0 Å². The molecule has 2 aromatic carbocycles. The number of amides is 1. The first-order valence-electron chi connectivity index (χ1n) is 12.2. The van der Waals surface area contributed by atoms with Crippen LogP contribution in [0.4, 0.5) is 5.69 Å². The maximum absolute atomic E-state index is 13.3. The summed E-state index contributed by atoms with van der Waals surface area (Å²) < 4.78 is 5.51. The number of nitrogens with zero attached hydrogens (tertiary/aromatic N) is 3. The number of carbonyl (C=O) groups is 1. The molecule has 2 aliphatic rings. The number of likely N-dealkylation sites (tertiary alicyclic amines) is 1. The molecule has 0 atom stereocenters. The number of anilines is 1. The van der Waals surface area contributed by atoms with E-state index >= 15 is 0 Å². The van der Waals surface area contributed by atoms with Crippen molar-refractivity contribution >= 4 is 33.5 Å². The summed E-state index contributed by atoms with van der Waals surface area (Å²) in [5.74, 6) is 1.80. The zero-order valence-corrected chi connectivity index (χ0v) is 19.2. The van der Waals surface area contributed by atoms with E-state index in [0.717, 1.165) is 66.7 Å². The van der Waals surface area contributed by atoms with Gasteiger partial charge >= 0.3 is 0 Å². The molecule has 2 fully saturated rings. The van der Waals surface area contributed by atoms with Crippen molar-refractivity contribution in [3.8, 4) is 0 Å². The van der Waals surface area contributed by atoms with Gasteiger partial charge in [-0.15, -0.1) is 0 Å². The summed E-state index contributed by atoms with van der Waals surface area (Å²) in [6.45, 7) is 2.99. The lowest BCUT2D eigenvalue weighted by molar-refractivity contribution is 0.0714. The average molecular weight is 456 g/mol. The Morgan fingerprint density at radius 1 is 1.00 bits per heavy atom.